The lowest BCUT2D eigenvalue weighted by molar-refractivity contribution is 0.120. The minimum atomic E-state index is -0.196. The van der Waals surface area contributed by atoms with Crippen molar-refractivity contribution in [2.45, 2.75) is 72.1 Å². The van der Waals surface area contributed by atoms with Gasteiger partial charge in [-0.05, 0) is 65.2 Å². The van der Waals surface area contributed by atoms with Gasteiger partial charge in [0.15, 0.2) is 0 Å². The van der Waals surface area contributed by atoms with E-state index in [1.54, 1.807) is 0 Å². The Bertz CT molecular complexity index is 1160. The van der Waals surface area contributed by atoms with Gasteiger partial charge in [-0.2, -0.15) is 0 Å². The standard InChI is InChI=1S/C37H46/c1-8-19-32(20-9-2)37(35(3,4)5,33-25-17-12-18-26-33)29-36(6,7)34(31-23-15-11-16-24-31)28-27-30-21-13-10-14-22-30/h8-26,34H,1,27-29H2,2-7H3/b20-9-,32-19+. The van der Waals surface area contributed by atoms with Crippen LogP contribution in [0, 0.1) is 10.8 Å². The van der Waals surface area contributed by atoms with Crippen LogP contribution in [0.2, 0.25) is 0 Å². The molecule has 0 aliphatic rings. The first kappa shape index (κ1) is 28.5. The Labute approximate surface area is 226 Å². The van der Waals surface area contributed by atoms with Crippen molar-refractivity contribution in [3.05, 3.63) is 144 Å². The summed E-state index contributed by atoms with van der Waals surface area (Å²) in [6, 6.07) is 33.2. The minimum Gasteiger partial charge on any atom is -0.0991 e. The van der Waals surface area contributed by atoms with E-state index in [2.05, 4.69) is 157 Å². The lowest BCUT2D eigenvalue weighted by atomic mass is 9.51. The molecule has 0 saturated heterocycles. The molecule has 0 saturated carbocycles. The summed E-state index contributed by atoms with van der Waals surface area (Å²) in [5, 5.41) is 0. The van der Waals surface area contributed by atoms with Gasteiger partial charge in [0.05, 0.1) is 0 Å². The third-order valence-electron chi connectivity index (χ3n) is 8.11. The predicted octanol–water partition coefficient (Wildman–Crippen LogP) is 10.5. The van der Waals surface area contributed by atoms with Crippen LogP contribution in [-0.4, -0.2) is 0 Å². The maximum absolute atomic E-state index is 4.10. The molecule has 0 aliphatic heterocycles. The fourth-order valence-electron chi connectivity index (χ4n) is 6.33. The lowest BCUT2D eigenvalue weighted by Crippen LogP contribution is -2.46. The van der Waals surface area contributed by atoms with E-state index in [4.69, 9.17) is 0 Å². The van der Waals surface area contributed by atoms with Gasteiger partial charge in [0.1, 0.15) is 0 Å². The van der Waals surface area contributed by atoms with E-state index in [-0.39, 0.29) is 16.2 Å². The smallest absolute Gasteiger partial charge is 0.0256 e. The van der Waals surface area contributed by atoms with Gasteiger partial charge >= 0.3 is 0 Å². The summed E-state index contributed by atoms with van der Waals surface area (Å²) in [5.74, 6) is 0.412. The zero-order valence-electron chi connectivity index (χ0n) is 23.9. The second-order valence-corrected chi connectivity index (χ2v) is 12.0. The maximum atomic E-state index is 4.10. The van der Waals surface area contributed by atoms with Crippen LogP contribution in [0.25, 0.3) is 0 Å². The second-order valence-electron chi connectivity index (χ2n) is 12.0. The van der Waals surface area contributed by atoms with E-state index in [0.29, 0.717) is 5.92 Å². The molecule has 194 valence electrons. The van der Waals surface area contributed by atoms with Crippen LogP contribution in [0.3, 0.4) is 0 Å². The first-order chi connectivity index (χ1) is 17.7. The van der Waals surface area contributed by atoms with Crippen LogP contribution in [0.1, 0.15) is 77.0 Å². The number of benzene rings is 3. The molecule has 3 aromatic carbocycles. The minimum absolute atomic E-state index is 0.0150. The number of aryl methyl sites for hydroxylation is 1. The molecule has 0 aliphatic carbocycles. The van der Waals surface area contributed by atoms with Crippen LogP contribution in [0.15, 0.2) is 127 Å². The van der Waals surface area contributed by atoms with E-state index in [0.717, 1.165) is 19.3 Å². The molecule has 0 radical (unpaired) electrons. The SMILES string of the molecule is C=C/C=C(\C=C/C)C(CC(C)(C)C(CCc1ccccc1)c1ccccc1)(c1ccccc1)C(C)(C)C. The maximum Gasteiger partial charge on any atom is 0.0256 e. The third kappa shape index (κ3) is 6.61. The van der Waals surface area contributed by atoms with Gasteiger partial charge in [-0.3, -0.25) is 0 Å². The molecule has 0 fully saturated rings. The Kier molecular flexibility index (Phi) is 9.55. The molecule has 2 unspecified atom stereocenters. The van der Waals surface area contributed by atoms with E-state index < -0.39 is 0 Å². The van der Waals surface area contributed by atoms with Crippen molar-refractivity contribution in [3.8, 4) is 0 Å². The average molecular weight is 491 g/mol. The van der Waals surface area contributed by atoms with Crippen molar-refractivity contribution in [2.24, 2.45) is 10.8 Å². The Morgan fingerprint density at radius 3 is 1.84 bits per heavy atom. The van der Waals surface area contributed by atoms with Crippen LogP contribution in [-0.2, 0) is 11.8 Å². The van der Waals surface area contributed by atoms with Gasteiger partial charge in [0.2, 0.25) is 0 Å². The highest BCUT2D eigenvalue weighted by Crippen LogP contribution is 2.57. The van der Waals surface area contributed by atoms with Gasteiger partial charge < -0.3 is 0 Å². The molecule has 3 rings (SSSR count). The molecule has 0 spiro atoms. The summed E-state index contributed by atoms with van der Waals surface area (Å²) in [7, 11) is 0. The van der Waals surface area contributed by atoms with E-state index in [9.17, 15) is 0 Å². The van der Waals surface area contributed by atoms with Crippen molar-refractivity contribution in [1.29, 1.82) is 0 Å². The van der Waals surface area contributed by atoms with Gasteiger partial charge in [-0.15, -0.1) is 0 Å². The molecular formula is C37H46. The summed E-state index contributed by atoms with van der Waals surface area (Å²) in [6.45, 7) is 18.4. The van der Waals surface area contributed by atoms with Crippen molar-refractivity contribution in [3.63, 3.8) is 0 Å². The average Bonchev–Trinajstić information content (AvgIpc) is 2.88. The van der Waals surface area contributed by atoms with Gasteiger partial charge in [-0.1, -0.05) is 156 Å². The van der Waals surface area contributed by atoms with E-state index >= 15 is 0 Å². The van der Waals surface area contributed by atoms with Crippen LogP contribution >= 0.6 is 0 Å². The lowest BCUT2D eigenvalue weighted by Gasteiger charge is -2.52. The third-order valence-corrected chi connectivity index (χ3v) is 8.11. The van der Waals surface area contributed by atoms with Gasteiger partial charge in [0, 0.05) is 5.41 Å². The molecule has 3 aromatic rings. The number of hydrogen-bond acceptors (Lipinski definition) is 0. The molecule has 0 N–H and O–H groups in total. The summed E-state index contributed by atoms with van der Waals surface area (Å²) in [5.41, 5.74) is 5.33. The number of hydrogen-bond donors (Lipinski definition) is 0. The molecule has 2 atom stereocenters. The molecule has 0 heterocycles. The monoisotopic (exact) mass is 490 g/mol. The zero-order chi connectivity index (χ0) is 26.9. The summed E-state index contributed by atoms with van der Waals surface area (Å²) >= 11 is 0. The molecule has 37 heavy (non-hydrogen) atoms. The fourth-order valence-corrected chi connectivity index (χ4v) is 6.33. The molecule has 0 heteroatoms. The fraction of sp³-hybridized carbons (Fsp3) is 0.351. The summed E-state index contributed by atoms with van der Waals surface area (Å²) < 4.78 is 0. The largest absolute Gasteiger partial charge is 0.0991 e. The highest BCUT2D eigenvalue weighted by atomic mass is 14.5. The Balaban J connectivity index is 2.18. The Morgan fingerprint density at radius 2 is 1.32 bits per heavy atom. The van der Waals surface area contributed by atoms with Gasteiger partial charge in [0.25, 0.3) is 0 Å². The van der Waals surface area contributed by atoms with Crippen molar-refractivity contribution in [1.82, 2.24) is 0 Å². The normalized spacial score (nSPS) is 15.4. The quantitative estimate of drug-likeness (QED) is 0.234. The van der Waals surface area contributed by atoms with E-state index in [1.807, 2.05) is 6.08 Å². The van der Waals surface area contributed by atoms with Crippen molar-refractivity contribution < 1.29 is 0 Å². The molecule has 0 nitrogen and oxygen atoms in total. The van der Waals surface area contributed by atoms with Crippen LogP contribution in [0.5, 0.6) is 0 Å². The topological polar surface area (TPSA) is 0 Å². The van der Waals surface area contributed by atoms with Crippen molar-refractivity contribution >= 4 is 0 Å². The summed E-state index contributed by atoms with van der Waals surface area (Å²) in [4.78, 5) is 0. The van der Waals surface area contributed by atoms with Gasteiger partial charge in [-0.25, -0.2) is 0 Å². The molecule has 0 aromatic heterocycles. The van der Waals surface area contributed by atoms with Crippen LogP contribution < -0.4 is 0 Å². The predicted molar refractivity (Wildman–Crippen MR) is 163 cm³/mol. The Morgan fingerprint density at radius 1 is 0.784 bits per heavy atom. The molecule has 0 amide bonds. The first-order valence-corrected chi connectivity index (χ1v) is 13.8. The summed E-state index contributed by atoms with van der Waals surface area (Å²) in [6.07, 6.45) is 11.9. The zero-order valence-corrected chi connectivity index (χ0v) is 23.9. The Hall–Kier alpha value is -3.12. The van der Waals surface area contributed by atoms with Crippen LogP contribution in [0.4, 0.5) is 0 Å². The molecule has 0 bridgehead atoms. The van der Waals surface area contributed by atoms with Crippen molar-refractivity contribution in [2.75, 3.05) is 0 Å². The number of rotatable bonds is 11. The first-order valence-electron chi connectivity index (χ1n) is 13.8. The highest BCUT2D eigenvalue weighted by molar-refractivity contribution is 5.46. The number of allylic oxidation sites excluding steroid dienone is 5. The van der Waals surface area contributed by atoms with E-state index in [1.165, 1.54) is 22.3 Å². The second kappa shape index (κ2) is 12.4. The molecular weight excluding hydrogens is 444 g/mol. The highest BCUT2D eigenvalue weighted by Gasteiger charge is 2.50.